The Morgan fingerprint density at radius 1 is 1.05 bits per heavy atom. The lowest BCUT2D eigenvalue weighted by atomic mass is 10.1. The lowest BCUT2D eigenvalue weighted by Gasteiger charge is -2.19. The number of alkyl halides is 1. The molecule has 0 spiro atoms. The van der Waals surface area contributed by atoms with Crippen molar-refractivity contribution in [1.82, 2.24) is 4.90 Å². The molecule has 0 saturated carbocycles. The van der Waals surface area contributed by atoms with E-state index in [1.807, 2.05) is 0 Å². The summed E-state index contributed by atoms with van der Waals surface area (Å²) >= 11 is 5.65. The average Bonchev–Trinajstić information content (AvgIpc) is 2.40. The molecule has 0 aliphatic heterocycles. The van der Waals surface area contributed by atoms with Gasteiger partial charge in [0.2, 0.25) is 5.82 Å². The van der Waals surface area contributed by atoms with E-state index in [0.29, 0.717) is 6.42 Å². The lowest BCUT2D eigenvalue weighted by molar-refractivity contribution is 0.0780. The van der Waals surface area contributed by atoms with Crippen LogP contribution in [0.25, 0.3) is 0 Å². The molecule has 1 atom stereocenters. The molecule has 1 aromatic carbocycles. The van der Waals surface area contributed by atoms with Crippen LogP contribution in [0, 0.1) is 29.1 Å². The molecule has 0 bridgehead atoms. The van der Waals surface area contributed by atoms with Crippen molar-refractivity contribution in [2.75, 3.05) is 13.6 Å². The van der Waals surface area contributed by atoms with Gasteiger partial charge in [-0.25, -0.2) is 22.0 Å². The minimum Gasteiger partial charge on any atom is -0.341 e. The van der Waals surface area contributed by atoms with E-state index in [-0.39, 0.29) is 11.9 Å². The fourth-order valence-electron chi connectivity index (χ4n) is 1.46. The highest BCUT2D eigenvalue weighted by Crippen LogP contribution is 2.24. The maximum Gasteiger partial charge on any atom is 0.259 e. The van der Waals surface area contributed by atoms with Crippen molar-refractivity contribution >= 4 is 17.5 Å². The molecule has 8 heteroatoms. The third-order valence-electron chi connectivity index (χ3n) is 2.63. The number of rotatable bonds is 4. The number of hydrogen-bond acceptors (Lipinski definition) is 1. The average molecular weight is 316 g/mol. The van der Waals surface area contributed by atoms with E-state index in [2.05, 4.69) is 0 Å². The molecule has 1 unspecified atom stereocenters. The summed E-state index contributed by atoms with van der Waals surface area (Å²) in [6.07, 6.45) is 0.305. The summed E-state index contributed by atoms with van der Waals surface area (Å²) in [7, 11) is 1.18. The summed E-state index contributed by atoms with van der Waals surface area (Å²) in [6, 6.07) is 0. The number of carbonyl (C=O) groups excluding carboxylic acids is 1. The van der Waals surface area contributed by atoms with Gasteiger partial charge >= 0.3 is 0 Å². The largest absolute Gasteiger partial charge is 0.341 e. The molecule has 0 saturated heterocycles. The number of amides is 1. The number of halogens is 6. The van der Waals surface area contributed by atoms with Crippen LogP contribution < -0.4 is 0 Å². The van der Waals surface area contributed by atoms with Gasteiger partial charge in [-0.1, -0.05) is 0 Å². The van der Waals surface area contributed by atoms with Crippen LogP contribution in [0.4, 0.5) is 22.0 Å². The van der Waals surface area contributed by atoms with Gasteiger partial charge in [0.05, 0.1) is 0 Å². The van der Waals surface area contributed by atoms with E-state index in [0.717, 1.165) is 4.90 Å². The Balaban J connectivity index is 3.17. The zero-order valence-corrected chi connectivity index (χ0v) is 11.4. The summed E-state index contributed by atoms with van der Waals surface area (Å²) in [5, 5.41) is -0.304. The highest BCUT2D eigenvalue weighted by atomic mass is 35.5. The topological polar surface area (TPSA) is 20.3 Å². The smallest absolute Gasteiger partial charge is 0.259 e. The lowest BCUT2D eigenvalue weighted by Crippen LogP contribution is -2.31. The molecule has 0 heterocycles. The van der Waals surface area contributed by atoms with E-state index in [1.165, 1.54) is 7.05 Å². The van der Waals surface area contributed by atoms with Crippen LogP contribution in [-0.4, -0.2) is 29.8 Å². The summed E-state index contributed by atoms with van der Waals surface area (Å²) in [4.78, 5) is 12.6. The third-order valence-corrected chi connectivity index (χ3v) is 2.85. The van der Waals surface area contributed by atoms with Crippen LogP contribution in [-0.2, 0) is 0 Å². The number of nitrogens with zero attached hydrogens (tertiary/aromatic N) is 1. The SMILES string of the molecule is CC(Cl)CCN(C)C(=O)c1c(F)c(F)c(F)c(F)c1F. The molecule has 0 radical (unpaired) electrons. The monoisotopic (exact) mass is 315 g/mol. The zero-order chi connectivity index (χ0) is 15.6. The first kappa shape index (κ1) is 16.7. The Morgan fingerprint density at radius 2 is 1.45 bits per heavy atom. The molecule has 0 aromatic heterocycles. The normalized spacial score (nSPS) is 12.4. The number of hydrogen-bond donors (Lipinski definition) is 0. The Labute approximate surface area is 117 Å². The van der Waals surface area contributed by atoms with Crippen LogP contribution in [0.1, 0.15) is 23.7 Å². The second-order valence-corrected chi connectivity index (χ2v) is 4.99. The van der Waals surface area contributed by atoms with Crippen molar-refractivity contribution in [3.8, 4) is 0 Å². The summed E-state index contributed by atoms with van der Waals surface area (Å²) in [6.45, 7) is 1.65. The molecule has 112 valence electrons. The van der Waals surface area contributed by atoms with Gasteiger partial charge in [0.1, 0.15) is 5.56 Å². The van der Waals surface area contributed by atoms with E-state index < -0.39 is 40.6 Å². The summed E-state index contributed by atoms with van der Waals surface area (Å²) in [5.41, 5.74) is -1.47. The standard InChI is InChI=1S/C12H11ClF5NO/c1-5(13)3-4-19(2)12(20)6-7(14)9(16)11(18)10(17)8(6)15/h5H,3-4H2,1-2H3. The van der Waals surface area contributed by atoms with Gasteiger partial charge in [0.15, 0.2) is 23.3 Å². The Morgan fingerprint density at radius 3 is 1.85 bits per heavy atom. The molecular formula is C12H11ClF5NO. The minimum absolute atomic E-state index is 0.0169. The summed E-state index contributed by atoms with van der Waals surface area (Å²) in [5.74, 6) is -12.2. The molecule has 2 nitrogen and oxygen atoms in total. The van der Waals surface area contributed by atoms with Crippen molar-refractivity contribution < 1.29 is 26.7 Å². The van der Waals surface area contributed by atoms with Gasteiger partial charge in [-0.15, -0.1) is 11.6 Å². The van der Waals surface area contributed by atoms with Crippen molar-refractivity contribution in [3.05, 3.63) is 34.6 Å². The zero-order valence-electron chi connectivity index (χ0n) is 10.6. The Bertz CT molecular complexity index is 506. The first-order valence-electron chi connectivity index (χ1n) is 5.59. The van der Waals surface area contributed by atoms with Crippen LogP contribution in [0.3, 0.4) is 0 Å². The van der Waals surface area contributed by atoms with Crippen LogP contribution >= 0.6 is 11.6 Å². The molecule has 0 aliphatic rings. The fourth-order valence-corrected chi connectivity index (χ4v) is 1.55. The Kier molecular flexibility index (Phi) is 5.33. The van der Waals surface area contributed by atoms with Crippen molar-refractivity contribution in [2.45, 2.75) is 18.7 Å². The van der Waals surface area contributed by atoms with Crippen molar-refractivity contribution in [1.29, 1.82) is 0 Å². The van der Waals surface area contributed by atoms with E-state index >= 15 is 0 Å². The van der Waals surface area contributed by atoms with E-state index in [9.17, 15) is 26.7 Å². The quantitative estimate of drug-likeness (QED) is 0.360. The first-order chi connectivity index (χ1) is 9.18. The van der Waals surface area contributed by atoms with Gasteiger partial charge in [-0.05, 0) is 13.3 Å². The molecule has 0 aliphatic carbocycles. The Hall–Kier alpha value is -1.37. The fraction of sp³-hybridized carbons (Fsp3) is 0.417. The molecule has 1 aromatic rings. The third kappa shape index (κ3) is 3.20. The molecular weight excluding hydrogens is 305 g/mol. The van der Waals surface area contributed by atoms with Gasteiger partial charge in [-0.3, -0.25) is 4.79 Å². The van der Waals surface area contributed by atoms with Crippen LogP contribution in [0.15, 0.2) is 0 Å². The molecule has 0 N–H and O–H groups in total. The molecule has 20 heavy (non-hydrogen) atoms. The molecule has 1 rings (SSSR count). The van der Waals surface area contributed by atoms with Gasteiger partial charge in [0, 0.05) is 19.0 Å². The second kappa shape index (κ2) is 6.39. The minimum atomic E-state index is -2.30. The van der Waals surface area contributed by atoms with Gasteiger partial charge in [-0.2, -0.15) is 0 Å². The maximum absolute atomic E-state index is 13.4. The van der Waals surface area contributed by atoms with E-state index in [1.54, 1.807) is 6.92 Å². The predicted octanol–water partition coefficient (Wildman–Crippen LogP) is 3.47. The maximum atomic E-state index is 13.4. The number of benzene rings is 1. The predicted molar refractivity (Wildman–Crippen MR) is 63.1 cm³/mol. The first-order valence-corrected chi connectivity index (χ1v) is 6.03. The highest BCUT2D eigenvalue weighted by Gasteiger charge is 2.31. The molecule has 0 fully saturated rings. The van der Waals surface area contributed by atoms with Gasteiger partial charge in [0.25, 0.3) is 5.91 Å². The summed E-state index contributed by atoms with van der Waals surface area (Å²) < 4.78 is 65.7. The second-order valence-electron chi connectivity index (χ2n) is 4.24. The van der Waals surface area contributed by atoms with Crippen LogP contribution in [0.5, 0.6) is 0 Å². The highest BCUT2D eigenvalue weighted by molar-refractivity contribution is 6.20. The van der Waals surface area contributed by atoms with Crippen LogP contribution in [0.2, 0.25) is 0 Å². The molecule has 1 amide bonds. The van der Waals surface area contributed by atoms with Crippen molar-refractivity contribution in [3.63, 3.8) is 0 Å². The van der Waals surface area contributed by atoms with Gasteiger partial charge < -0.3 is 4.90 Å². The number of carbonyl (C=O) groups is 1. The van der Waals surface area contributed by atoms with E-state index in [4.69, 9.17) is 11.6 Å². The van der Waals surface area contributed by atoms with Crippen molar-refractivity contribution in [2.24, 2.45) is 0 Å².